The number of benzene rings is 1. The summed E-state index contributed by atoms with van der Waals surface area (Å²) in [6.07, 6.45) is 6.69. The number of terminal acetylenes is 1. The maximum Gasteiger partial charge on any atom is 0.107 e. The predicted molar refractivity (Wildman–Crippen MR) is 108 cm³/mol. The molecule has 1 N–H and O–H groups in total. The molecule has 0 aliphatic carbocycles. The van der Waals surface area contributed by atoms with Gasteiger partial charge in [0.05, 0.1) is 19.3 Å². The van der Waals surface area contributed by atoms with E-state index in [2.05, 4.69) is 64.9 Å². The largest absolute Gasteiger partial charge is 0.389 e. The van der Waals surface area contributed by atoms with Gasteiger partial charge in [-0.1, -0.05) is 30.2 Å². The number of aromatic nitrogens is 1. The first-order valence-electron chi connectivity index (χ1n) is 9.23. The fraction of sp³-hybridized carbons (Fsp3) is 0.455. The molecule has 1 unspecified atom stereocenters. The highest BCUT2D eigenvalue weighted by atomic mass is 16.5. The molecule has 0 saturated carbocycles. The number of hydrogen-bond donors (Lipinski definition) is 1. The minimum absolute atomic E-state index is 0.217. The van der Waals surface area contributed by atoms with Crippen LogP contribution in [0.4, 0.5) is 0 Å². The lowest BCUT2D eigenvalue weighted by atomic mass is 10.1. The summed E-state index contributed by atoms with van der Waals surface area (Å²) in [6, 6.07) is 12.6. The van der Waals surface area contributed by atoms with Crippen molar-refractivity contribution in [1.82, 2.24) is 9.47 Å². The Morgan fingerprint density at radius 3 is 2.81 bits per heavy atom. The Hall–Kier alpha value is -2.10. The van der Waals surface area contributed by atoms with Gasteiger partial charge in [0.1, 0.15) is 6.61 Å². The Kier molecular flexibility index (Phi) is 9.09. The van der Waals surface area contributed by atoms with Gasteiger partial charge in [-0.25, -0.2) is 0 Å². The van der Waals surface area contributed by atoms with Gasteiger partial charge in [-0.2, -0.15) is 0 Å². The number of hydrogen-bond acceptors (Lipinski definition) is 4. The SMILES string of the molecule is C#CCOCC(O)CN(CCOC)Cc1cccn1Cc1ccccc1C. The van der Waals surface area contributed by atoms with Gasteiger partial charge in [0.15, 0.2) is 0 Å². The molecule has 0 radical (unpaired) electrons. The first-order chi connectivity index (χ1) is 13.1. The van der Waals surface area contributed by atoms with Crippen molar-refractivity contribution in [1.29, 1.82) is 0 Å². The topological polar surface area (TPSA) is 46.9 Å². The van der Waals surface area contributed by atoms with Crippen LogP contribution in [-0.2, 0) is 22.6 Å². The standard InChI is InChI=1S/C22H30N2O3/c1-4-13-27-18-22(25)17-23(12-14-26-3)16-21-10-7-11-24(21)15-20-9-6-5-8-19(20)2/h1,5-11,22,25H,12-18H2,2-3H3. The first kappa shape index (κ1) is 21.2. The van der Waals surface area contributed by atoms with Gasteiger partial charge in [0, 0.05) is 45.2 Å². The van der Waals surface area contributed by atoms with Crippen molar-refractivity contribution in [3.63, 3.8) is 0 Å². The number of nitrogens with zero attached hydrogens (tertiary/aromatic N) is 2. The van der Waals surface area contributed by atoms with Crippen LogP contribution in [0, 0.1) is 19.3 Å². The minimum Gasteiger partial charge on any atom is -0.389 e. The van der Waals surface area contributed by atoms with Crippen molar-refractivity contribution in [2.75, 3.05) is 40.0 Å². The second-order valence-corrected chi connectivity index (χ2v) is 6.65. The Morgan fingerprint density at radius 1 is 1.26 bits per heavy atom. The highest BCUT2D eigenvalue weighted by molar-refractivity contribution is 5.26. The summed E-state index contributed by atoms with van der Waals surface area (Å²) in [5.41, 5.74) is 3.79. The van der Waals surface area contributed by atoms with Gasteiger partial charge in [-0.3, -0.25) is 4.90 Å². The van der Waals surface area contributed by atoms with E-state index in [1.54, 1.807) is 7.11 Å². The highest BCUT2D eigenvalue weighted by Gasteiger charge is 2.14. The molecule has 0 aliphatic heterocycles. The van der Waals surface area contributed by atoms with Crippen LogP contribution < -0.4 is 0 Å². The normalized spacial score (nSPS) is 12.3. The van der Waals surface area contributed by atoms with E-state index in [-0.39, 0.29) is 13.2 Å². The van der Waals surface area contributed by atoms with Crippen molar-refractivity contribution in [3.05, 3.63) is 59.4 Å². The van der Waals surface area contributed by atoms with E-state index < -0.39 is 6.10 Å². The smallest absolute Gasteiger partial charge is 0.107 e. The minimum atomic E-state index is -0.588. The van der Waals surface area contributed by atoms with Crippen LogP contribution in [0.15, 0.2) is 42.6 Å². The number of ether oxygens (including phenoxy) is 2. The van der Waals surface area contributed by atoms with Crippen molar-refractivity contribution in [3.8, 4) is 12.3 Å². The van der Waals surface area contributed by atoms with Crippen LogP contribution in [0.3, 0.4) is 0 Å². The van der Waals surface area contributed by atoms with Crippen LogP contribution in [0.1, 0.15) is 16.8 Å². The van der Waals surface area contributed by atoms with E-state index in [1.165, 1.54) is 16.8 Å². The molecule has 146 valence electrons. The predicted octanol–water partition coefficient (Wildman–Crippen LogP) is 2.30. The molecule has 1 aromatic carbocycles. The third kappa shape index (κ3) is 7.20. The summed E-state index contributed by atoms with van der Waals surface area (Å²) >= 11 is 0. The van der Waals surface area contributed by atoms with Crippen molar-refractivity contribution in [2.24, 2.45) is 0 Å². The number of aliphatic hydroxyl groups is 1. The lowest BCUT2D eigenvalue weighted by Gasteiger charge is -2.25. The summed E-state index contributed by atoms with van der Waals surface area (Å²) in [5, 5.41) is 10.2. The summed E-state index contributed by atoms with van der Waals surface area (Å²) in [6.45, 7) is 6.00. The molecule has 0 saturated heterocycles. The van der Waals surface area contributed by atoms with E-state index in [0.717, 1.165) is 19.6 Å². The van der Waals surface area contributed by atoms with Gasteiger partial charge in [-0.05, 0) is 30.2 Å². The number of methoxy groups -OCH3 is 1. The molecule has 2 aromatic rings. The van der Waals surface area contributed by atoms with E-state index in [9.17, 15) is 5.11 Å². The fourth-order valence-corrected chi connectivity index (χ4v) is 3.01. The summed E-state index contributed by atoms with van der Waals surface area (Å²) in [4.78, 5) is 2.18. The van der Waals surface area contributed by atoms with Crippen LogP contribution in [0.5, 0.6) is 0 Å². The van der Waals surface area contributed by atoms with Crippen molar-refractivity contribution < 1.29 is 14.6 Å². The van der Waals surface area contributed by atoms with Gasteiger partial charge in [0.2, 0.25) is 0 Å². The number of aliphatic hydroxyl groups excluding tert-OH is 1. The lowest BCUT2D eigenvalue weighted by Crippen LogP contribution is -2.37. The zero-order chi connectivity index (χ0) is 19.5. The van der Waals surface area contributed by atoms with Gasteiger partial charge < -0.3 is 19.1 Å². The molecule has 0 fully saturated rings. The molecule has 5 nitrogen and oxygen atoms in total. The summed E-state index contributed by atoms with van der Waals surface area (Å²) < 4.78 is 12.7. The van der Waals surface area contributed by atoms with Gasteiger partial charge >= 0.3 is 0 Å². The second-order valence-electron chi connectivity index (χ2n) is 6.65. The average molecular weight is 370 g/mol. The van der Waals surface area contributed by atoms with Gasteiger partial charge in [0.25, 0.3) is 0 Å². The molecule has 0 bridgehead atoms. The highest BCUT2D eigenvalue weighted by Crippen LogP contribution is 2.14. The van der Waals surface area contributed by atoms with E-state index in [4.69, 9.17) is 15.9 Å². The number of aryl methyl sites for hydroxylation is 1. The van der Waals surface area contributed by atoms with Crippen molar-refractivity contribution >= 4 is 0 Å². The molecule has 0 amide bonds. The monoisotopic (exact) mass is 370 g/mol. The maximum atomic E-state index is 10.2. The third-order valence-electron chi connectivity index (χ3n) is 4.49. The van der Waals surface area contributed by atoms with Crippen LogP contribution in [-0.4, -0.2) is 60.7 Å². The zero-order valence-corrected chi connectivity index (χ0v) is 16.3. The molecule has 27 heavy (non-hydrogen) atoms. The van der Waals surface area contributed by atoms with Crippen molar-refractivity contribution in [2.45, 2.75) is 26.1 Å². The summed E-state index contributed by atoms with van der Waals surface area (Å²) in [7, 11) is 1.69. The van der Waals surface area contributed by atoms with E-state index in [1.807, 2.05) is 0 Å². The molecule has 1 heterocycles. The van der Waals surface area contributed by atoms with Crippen LogP contribution in [0.2, 0.25) is 0 Å². The molecule has 0 spiro atoms. The Morgan fingerprint density at radius 2 is 2.07 bits per heavy atom. The molecular formula is C22H30N2O3. The molecule has 2 rings (SSSR count). The maximum absolute atomic E-state index is 10.2. The Bertz CT molecular complexity index is 720. The Labute approximate surface area is 162 Å². The molecule has 0 aliphatic rings. The molecule has 1 aromatic heterocycles. The second kappa shape index (κ2) is 11.6. The third-order valence-corrected chi connectivity index (χ3v) is 4.49. The van der Waals surface area contributed by atoms with E-state index in [0.29, 0.717) is 13.2 Å². The van der Waals surface area contributed by atoms with Crippen LogP contribution >= 0.6 is 0 Å². The fourth-order valence-electron chi connectivity index (χ4n) is 3.01. The average Bonchev–Trinajstić information content (AvgIpc) is 3.08. The van der Waals surface area contributed by atoms with Crippen LogP contribution in [0.25, 0.3) is 0 Å². The molecular weight excluding hydrogens is 340 g/mol. The zero-order valence-electron chi connectivity index (χ0n) is 16.3. The quantitative estimate of drug-likeness (QED) is 0.460. The number of rotatable bonds is 12. The van der Waals surface area contributed by atoms with E-state index >= 15 is 0 Å². The summed E-state index contributed by atoms with van der Waals surface area (Å²) in [5.74, 6) is 2.41. The lowest BCUT2D eigenvalue weighted by molar-refractivity contribution is 0.0202. The molecule has 1 atom stereocenters. The van der Waals surface area contributed by atoms with Gasteiger partial charge in [-0.15, -0.1) is 6.42 Å². The Balaban J connectivity index is 2.01. The molecule has 5 heteroatoms. The first-order valence-corrected chi connectivity index (χ1v) is 9.23.